The molecule has 3 nitrogen and oxygen atoms in total. The van der Waals surface area contributed by atoms with Crippen LogP contribution in [0.2, 0.25) is 0 Å². The predicted molar refractivity (Wildman–Crippen MR) is 96.6 cm³/mol. The highest BCUT2D eigenvalue weighted by Gasteiger charge is 2.14. The first-order chi connectivity index (χ1) is 10.5. The average Bonchev–Trinajstić information content (AvgIpc) is 2.45. The van der Waals surface area contributed by atoms with E-state index in [4.69, 9.17) is 4.74 Å². The Morgan fingerprint density at radius 2 is 1.86 bits per heavy atom. The lowest BCUT2D eigenvalue weighted by molar-refractivity contribution is 0.102. The lowest BCUT2D eigenvalue weighted by Gasteiger charge is -2.14. The number of benzene rings is 2. The van der Waals surface area contributed by atoms with Crippen LogP contribution in [0.4, 0.5) is 5.69 Å². The van der Waals surface area contributed by atoms with Crippen LogP contribution in [0.25, 0.3) is 0 Å². The summed E-state index contributed by atoms with van der Waals surface area (Å²) in [6, 6.07) is 12.9. The molecule has 0 aliphatic carbocycles. The summed E-state index contributed by atoms with van der Waals surface area (Å²) >= 11 is 6.79. The zero-order chi connectivity index (χ0) is 16.1. The Kier molecular flexibility index (Phi) is 6.03. The van der Waals surface area contributed by atoms with Crippen LogP contribution in [0.15, 0.2) is 51.4 Å². The second kappa shape index (κ2) is 7.79. The Morgan fingerprint density at radius 1 is 1.14 bits per heavy atom. The SMILES string of the molecule is CC(C)COc1ccc(Br)cc1C(=O)Nc1cccc(Br)c1. The summed E-state index contributed by atoms with van der Waals surface area (Å²) in [6.07, 6.45) is 0. The highest BCUT2D eigenvalue weighted by molar-refractivity contribution is 9.10. The summed E-state index contributed by atoms with van der Waals surface area (Å²) in [6.45, 7) is 4.71. The van der Waals surface area contributed by atoms with Crippen molar-refractivity contribution in [1.29, 1.82) is 0 Å². The first-order valence-corrected chi connectivity index (χ1v) is 8.53. The third-order valence-electron chi connectivity index (χ3n) is 2.84. The van der Waals surface area contributed by atoms with Crippen LogP contribution >= 0.6 is 31.9 Å². The van der Waals surface area contributed by atoms with Gasteiger partial charge in [-0.15, -0.1) is 0 Å². The third-order valence-corrected chi connectivity index (χ3v) is 3.83. The second-order valence-corrected chi connectivity index (χ2v) is 7.14. The van der Waals surface area contributed by atoms with Crippen LogP contribution in [0.5, 0.6) is 5.75 Å². The van der Waals surface area contributed by atoms with E-state index in [2.05, 4.69) is 51.0 Å². The number of anilines is 1. The quantitative estimate of drug-likeness (QED) is 0.685. The van der Waals surface area contributed by atoms with Crippen LogP contribution in [0, 0.1) is 5.92 Å². The minimum atomic E-state index is -0.196. The van der Waals surface area contributed by atoms with E-state index in [0.29, 0.717) is 23.8 Å². The van der Waals surface area contributed by atoms with Crippen molar-refractivity contribution >= 4 is 43.5 Å². The maximum absolute atomic E-state index is 12.5. The standard InChI is InChI=1S/C17H17Br2NO2/c1-11(2)10-22-16-7-6-13(19)9-15(16)17(21)20-14-5-3-4-12(18)8-14/h3-9,11H,10H2,1-2H3,(H,20,21). The van der Waals surface area contributed by atoms with Crippen molar-refractivity contribution in [3.8, 4) is 5.75 Å². The first kappa shape index (κ1) is 17.0. The molecule has 0 radical (unpaired) electrons. The van der Waals surface area contributed by atoms with Crippen molar-refractivity contribution in [3.63, 3.8) is 0 Å². The topological polar surface area (TPSA) is 38.3 Å². The highest BCUT2D eigenvalue weighted by Crippen LogP contribution is 2.25. The molecule has 2 aromatic carbocycles. The number of hydrogen-bond acceptors (Lipinski definition) is 2. The van der Waals surface area contributed by atoms with Gasteiger partial charge in [-0.25, -0.2) is 0 Å². The number of nitrogens with one attached hydrogen (secondary N) is 1. The van der Waals surface area contributed by atoms with E-state index in [0.717, 1.165) is 14.6 Å². The number of rotatable bonds is 5. The van der Waals surface area contributed by atoms with Gasteiger partial charge in [0.1, 0.15) is 5.75 Å². The van der Waals surface area contributed by atoms with Crippen molar-refractivity contribution in [3.05, 3.63) is 57.0 Å². The van der Waals surface area contributed by atoms with Gasteiger partial charge in [-0.2, -0.15) is 0 Å². The van der Waals surface area contributed by atoms with Gasteiger partial charge < -0.3 is 10.1 Å². The van der Waals surface area contributed by atoms with E-state index in [1.54, 1.807) is 6.07 Å². The van der Waals surface area contributed by atoms with E-state index in [9.17, 15) is 4.79 Å². The van der Waals surface area contributed by atoms with Gasteiger partial charge in [-0.1, -0.05) is 51.8 Å². The van der Waals surface area contributed by atoms with Gasteiger partial charge in [0, 0.05) is 14.6 Å². The molecule has 0 heterocycles. The monoisotopic (exact) mass is 425 g/mol. The molecule has 0 fully saturated rings. The van der Waals surface area contributed by atoms with Gasteiger partial charge in [-0.05, 0) is 42.3 Å². The van der Waals surface area contributed by atoms with Crippen molar-refractivity contribution in [2.45, 2.75) is 13.8 Å². The summed E-state index contributed by atoms with van der Waals surface area (Å²) in [7, 11) is 0. The molecule has 0 unspecified atom stereocenters. The highest BCUT2D eigenvalue weighted by atomic mass is 79.9. The predicted octanol–water partition coefficient (Wildman–Crippen LogP) is 5.50. The van der Waals surface area contributed by atoms with Gasteiger partial charge in [0.15, 0.2) is 0 Å². The summed E-state index contributed by atoms with van der Waals surface area (Å²) in [5, 5.41) is 2.88. The number of carbonyl (C=O) groups is 1. The molecule has 1 N–H and O–H groups in total. The minimum absolute atomic E-state index is 0.196. The number of hydrogen-bond donors (Lipinski definition) is 1. The van der Waals surface area contributed by atoms with Gasteiger partial charge in [-0.3, -0.25) is 4.79 Å². The van der Waals surface area contributed by atoms with Crippen molar-refractivity contribution in [2.75, 3.05) is 11.9 Å². The van der Waals surface area contributed by atoms with Crippen LogP contribution in [-0.2, 0) is 0 Å². The molecule has 0 bridgehead atoms. The van der Waals surface area contributed by atoms with Gasteiger partial charge >= 0.3 is 0 Å². The largest absolute Gasteiger partial charge is 0.492 e. The van der Waals surface area contributed by atoms with Crippen LogP contribution in [-0.4, -0.2) is 12.5 Å². The molecule has 116 valence electrons. The molecule has 0 aromatic heterocycles. The lowest BCUT2D eigenvalue weighted by Crippen LogP contribution is -2.15. The summed E-state index contributed by atoms with van der Waals surface area (Å²) in [4.78, 5) is 12.5. The summed E-state index contributed by atoms with van der Waals surface area (Å²) in [5.74, 6) is 0.784. The summed E-state index contributed by atoms with van der Waals surface area (Å²) < 4.78 is 7.49. The first-order valence-electron chi connectivity index (χ1n) is 6.95. The maximum atomic E-state index is 12.5. The smallest absolute Gasteiger partial charge is 0.259 e. The fourth-order valence-corrected chi connectivity index (χ4v) is 2.59. The number of amides is 1. The number of ether oxygens (including phenoxy) is 1. The van der Waals surface area contributed by atoms with Crippen LogP contribution in [0.1, 0.15) is 24.2 Å². The molecule has 0 atom stereocenters. The molecule has 2 aromatic rings. The molecule has 1 amide bonds. The van der Waals surface area contributed by atoms with Crippen molar-refractivity contribution in [2.24, 2.45) is 5.92 Å². The molecule has 2 rings (SSSR count). The average molecular weight is 427 g/mol. The Bertz CT molecular complexity index is 671. The fourth-order valence-electron chi connectivity index (χ4n) is 1.83. The van der Waals surface area contributed by atoms with Crippen molar-refractivity contribution < 1.29 is 9.53 Å². The molecular formula is C17H17Br2NO2. The van der Waals surface area contributed by atoms with E-state index >= 15 is 0 Å². The van der Waals surface area contributed by atoms with E-state index in [1.807, 2.05) is 36.4 Å². The molecule has 0 spiro atoms. The van der Waals surface area contributed by atoms with E-state index in [-0.39, 0.29) is 5.91 Å². The Morgan fingerprint density at radius 3 is 2.55 bits per heavy atom. The zero-order valence-electron chi connectivity index (χ0n) is 12.4. The lowest BCUT2D eigenvalue weighted by atomic mass is 10.1. The van der Waals surface area contributed by atoms with Gasteiger partial charge in [0.2, 0.25) is 0 Å². The maximum Gasteiger partial charge on any atom is 0.259 e. The molecule has 0 aliphatic heterocycles. The zero-order valence-corrected chi connectivity index (χ0v) is 15.6. The normalized spacial score (nSPS) is 10.6. The molecule has 0 aliphatic rings. The van der Waals surface area contributed by atoms with Crippen LogP contribution in [0.3, 0.4) is 0 Å². The molecule has 0 saturated heterocycles. The number of halogens is 2. The van der Waals surface area contributed by atoms with Crippen LogP contribution < -0.4 is 10.1 Å². The summed E-state index contributed by atoms with van der Waals surface area (Å²) in [5.41, 5.74) is 1.24. The molecule has 5 heteroatoms. The third kappa shape index (κ3) is 4.85. The molecule has 22 heavy (non-hydrogen) atoms. The molecule has 0 saturated carbocycles. The van der Waals surface area contributed by atoms with Crippen molar-refractivity contribution in [1.82, 2.24) is 0 Å². The Labute approximate surface area is 147 Å². The second-order valence-electron chi connectivity index (χ2n) is 5.31. The molecular weight excluding hydrogens is 410 g/mol. The van der Waals surface area contributed by atoms with Gasteiger partial charge in [0.25, 0.3) is 5.91 Å². The number of carbonyl (C=O) groups excluding carboxylic acids is 1. The fraction of sp³-hybridized carbons (Fsp3) is 0.235. The Hall–Kier alpha value is -1.33. The van der Waals surface area contributed by atoms with E-state index in [1.165, 1.54) is 0 Å². The van der Waals surface area contributed by atoms with E-state index < -0.39 is 0 Å². The van der Waals surface area contributed by atoms with Gasteiger partial charge in [0.05, 0.1) is 12.2 Å². The Balaban J connectivity index is 2.22. The minimum Gasteiger partial charge on any atom is -0.492 e.